The maximum Gasteiger partial charge on any atom is 0.318 e. The van der Waals surface area contributed by atoms with E-state index in [1.54, 1.807) is 44.6 Å². The van der Waals surface area contributed by atoms with Gasteiger partial charge in [-0.3, -0.25) is 4.79 Å². The Morgan fingerprint density at radius 3 is 2.00 bits per heavy atom. The monoisotopic (exact) mass is 649 g/mol. The fourth-order valence-electron chi connectivity index (χ4n) is 5.63. The van der Waals surface area contributed by atoms with Crippen LogP contribution < -0.4 is 19.5 Å². The molecule has 4 aromatic carbocycles. The third-order valence-electron chi connectivity index (χ3n) is 7.99. The summed E-state index contributed by atoms with van der Waals surface area (Å²) in [6, 6.07) is 36.4. The number of rotatable bonds is 12. The highest BCUT2D eigenvalue weighted by atomic mass is 32.1. The van der Waals surface area contributed by atoms with Gasteiger partial charge in [0.05, 0.1) is 20.8 Å². The number of nitrogens with one attached hydrogen (secondary N) is 1. The first-order valence-corrected chi connectivity index (χ1v) is 15.7. The smallest absolute Gasteiger partial charge is 0.318 e. The SMILES string of the molecule is COc1ccc(C(OC[C@H]2O[C@H](S)C[C@H]2Oc2nccc(NC(=O)c3ccccc3)n2)(c2ccccc2)c2ccc(OC)cc2)cc1. The van der Waals surface area contributed by atoms with Crippen LogP contribution in [0.5, 0.6) is 17.5 Å². The second kappa shape index (κ2) is 14.7. The average Bonchev–Trinajstić information content (AvgIpc) is 3.48. The van der Waals surface area contributed by atoms with Gasteiger partial charge in [0.1, 0.15) is 40.6 Å². The predicted octanol–water partition coefficient (Wildman–Crippen LogP) is 6.55. The first-order chi connectivity index (χ1) is 23.0. The summed E-state index contributed by atoms with van der Waals surface area (Å²) in [5, 5.41) is 2.80. The van der Waals surface area contributed by atoms with E-state index in [2.05, 4.69) is 27.9 Å². The Labute approximate surface area is 279 Å². The third-order valence-corrected chi connectivity index (χ3v) is 8.32. The predicted molar refractivity (Wildman–Crippen MR) is 181 cm³/mol. The number of carbonyl (C=O) groups is 1. The lowest BCUT2D eigenvalue weighted by Crippen LogP contribution is -2.39. The first kappa shape index (κ1) is 32.1. The van der Waals surface area contributed by atoms with Crippen molar-refractivity contribution in [2.45, 2.75) is 29.7 Å². The van der Waals surface area contributed by atoms with E-state index in [0.29, 0.717) is 17.8 Å². The summed E-state index contributed by atoms with van der Waals surface area (Å²) in [5.74, 6) is 1.51. The van der Waals surface area contributed by atoms with Gasteiger partial charge < -0.3 is 29.0 Å². The van der Waals surface area contributed by atoms with Crippen LogP contribution in [0.1, 0.15) is 33.5 Å². The highest BCUT2D eigenvalue weighted by Gasteiger charge is 2.42. The Hall–Kier alpha value is -4.90. The molecule has 10 heteroatoms. The van der Waals surface area contributed by atoms with E-state index in [0.717, 1.165) is 28.2 Å². The van der Waals surface area contributed by atoms with Crippen LogP contribution in [0.3, 0.4) is 0 Å². The van der Waals surface area contributed by atoms with Crippen LogP contribution >= 0.6 is 12.6 Å². The van der Waals surface area contributed by atoms with Gasteiger partial charge >= 0.3 is 6.01 Å². The highest BCUT2D eigenvalue weighted by Crippen LogP contribution is 2.42. The van der Waals surface area contributed by atoms with Gasteiger partial charge in [0.2, 0.25) is 0 Å². The van der Waals surface area contributed by atoms with Crippen LogP contribution in [0.2, 0.25) is 0 Å². The molecule has 5 aromatic rings. The lowest BCUT2D eigenvalue weighted by molar-refractivity contribution is -0.0698. The zero-order valence-electron chi connectivity index (χ0n) is 26.0. The molecule has 240 valence electrons. The van der Waals surface area contributed by atoms with Crippen molar-refractivity contribution in [3.8, 4) is 17.5 Å². The van der Waals surface area contributed by atoms with Crippen LogP contribution in [-0.4, -0.2) is 54.3 Å². The zero-order chi connectivity index (χ0) is 32.6. The number of nitrogens with zero attached hydrogens (tertiary/aromatic N) is 2. The minimum absolute atomic E-state index is 0.108. The fraction of sp³-hybridized carbons (Fsp3) is 0.216. The van der Waals surface area contributed by atoms with Crippen LogP contribution in [0.25, 0.3) is 0 Å². The van der Waals surface area contributed by atoms with Gasteiger partial charge in [-0.2, -0.15) is 4.98 Å². The molecule has 1 aliphatic rings. The molecule has 1 aliphatic heterocycles. The second-order valence-corrected chi connectivity index (χ2v) is 11.5. The minimum Gasteiger partial charge on any atom is -0.497 e. The van der Waals surface area contributed by atoms with Gasteiger partial charge in [0.15, 0.2) is 0 Å². The molecule has 1 N–H and O–H groups in total. The molecule has 1 saturated heterocycles. The highest BCUT2D eigenvalue weighted by molar-refractivity contribution is 7.80. The maximum absolute atomic E-state index is 12.7. The number of thiol groups is 1. The summed E-state index contributed by atoms with van der Waals surface area (Å²) in [6.07, 6.45) is 1.03. The normalized spacial score (nSPS) is 17.6. The molecule has 9 nitrogen and oxygen atoms in total. The Morgan fingerprint density at radius 2 is 1.40 bits per heavy atom. The van der Waals surface area contributed by atoms with E-state index >= 15 is 0 Å². The topological polar surface area (TPSA) is 101 Å². The van der Waals surface area contributed by atoms with E-state index in [4.69, 9.17) is 23.7 Å². The van der Waals surface area contributed by atoms with Crippen molar-refractivity contribution in [1.29, 1.82) is 0 Å². The molecule has 0 saturated carbocycles. The molecule has 0 unspecified atom stereocenters. The van der Waals surface area contributed by atoms with Crippen LogP contribution in [0, 0.1) is 0 Å². The van der Waals surface area contributed by atoms with Crippen LogP contribution in [0.15, 0.2) is 121 Å². The number of methoxy groups -OCH3 is 2. The number of amides is 1. The van der Waals surface area contributed by atoms with Crippen molar-refractivity contribution in [3.05, 3.63) is 144 Å². The molecule has 0 aliphatic carbocycles. The largest absolute Gasteiger partial charge is 0.497 e. The van der Waals surface area contributed by atoms with Crippen LogP contribution in [-0.2, 0) is 15.1 Å². The summed E-state index contributed by atoms with van der Waals surface area (Å²) in [4.78, 5) is 21.4. The molecular formula is C37H35N3O6S. The third kappa shape index (κ3) is 7.25. The minimum atomic E-state index is -1.03. The molecule has 3 atom stereocenters. The average molecular weight is 650 g/mol. The van der Waals surface area contributed by atoms with Crippen molar-refractivity contribution in [1.82, 2.24) is 9.97 Å². The van der Waals surface area contributed by atoms with E-state index in [9.17, 15) is 4.79 Å². The number of ether oxygens (including phenoxy) is 5. The van der Waals surface area contributed by atoms with Gasteiger partial charge in [0.25, 0.3) is 5.91 Å². The van der Waals surface area contributed by atoms with Crippen LogP contribution in [0.4, 0.5) is 5.82 Å². The quantitative estimate of drug-likeness (QED) is 0.116. The number of benzene rings is 4. The number of hydrogen-bond acceptors (Lipinski definition) is 9. The molecular weight excluding hydrogens is 614 g/mol. The standard InChI is InChI=1S/C37H35N3O6S/c1-42-29-17-13-27(14-18-29)37(26-11-7-4-8-12-26,28-15-19-30(43-2)20-16-28)44-24-32-31(23-34(47)45-32)46-36-38-22-21-33(40-36)39-35(41)25-9-5-3-6-10-25/h3-22,31-32,34,47H,23-24H2,1-2H3,(H,38,39,40,41)/t31-,32-,34-/m1/s1. The van der Waals surface area contributed by atoms with Crippen molar-refractivity contribution in [2.75, 3.05) is 26.1 Å². The maximum atomic E-state index is 12.7. The number of hydrogen-bond donors (Lipinski definition) is 2. The molecule has 2 heterocycles. The lowest BCUT2D eigenvalue weighted by atomic mass is 9.80. The lowest BCUT2D eigenvalue weighted by Gasteiger charge is -2.37. The van der Waals surface area contributed by atoms with E-state index in [-0.39, 0.29) is 24.0 Å². The molecule has 1 amide bonds. The van der Waals surface area contributed by atoms with Gasteiger partial charge in [-0.05, 0) is 59.2 Å². The first-order valence-electron chi connectivity index (χ1n) is 15.2. The Morgan fingerprint density at radius 1 is 0.830 bits per heavy atom. The Kier molecular flexibility index (Phi) is 10.0. The Bertz CT molecular complexity index is 1710. The van der Waals surface area contributed by atoms with Crippen molar-refractivity contribution in [2.24, 2.45) is 0 Å². The molecule has 0 spiro atoms. The Balaban J connectivity index is 1.28. The van der Waals surface area contributed by atoms with Gasteiger partial charge in [-0.15, -0.1) is 12.6 Å². The molecule has 1 aromatic heterocycles. The molecule has 47 heavy (non-hydrogen) atoms. The van der Waals surface area contributed by atoms with E-state index in [1.807, 2.05) is 84.9 Å². The second-order valence-electron chi connectivity index (χ2n) is 10.9. The molecule has 0 radical (unpaired) electrons. The zero-order valence-corrected chi connectivity index (χ0v) is 26.9. The van der Waals surface area contributed by atoms with Gasteiger partial charge in [0, 0.05) is 18.2 Å². The fourth-order valence-corrected chi connectivity index (χ4v) is 5.99. The molecule has 6 rings (SSSR count). The summed E-state index contributed by atoms with van der Waals surface area (Å²) in [7, 11) is 3.28. The van der Waals surface area contributed by atoms with Gasteiger partial charge in [-0.1, -0.05) is 72.8 Å². The van der Waals surface area contributed by atoms with Crippen molar-refractivity contribution < 1.29 is 28.5 Å². The number of anilines is 1. The van der Waals surface area contributed by atoms with E-state index in [1.165, 1.54) is 6.20 Å². The van der Waals surface area contributed by atoms with Crippen molar-refractivity contribution >= 4 is 24.4 Å². The molecule has 0 bridgehead atoms. The summed E-state index contributed by atoms with van der Waals surface area (Å²) >= 11 is 4.62. The number of aromatic nitrogens is 2. The van der Waals surface area contributed by atoms with E-state index < -0.39 is 17.8 Å². The summed E-state index contributed by atoms with van der Waals surface area (Å²) in [6.45, 7) is 0.152. The van der Waals surface area contributed by atoms with Crippen molar-refractivity contribution in [3.63, 3.8) is 0 Å². The molecule has 1 fully saturated rings. The summed E-state index contributed by atoms with van der Waals surface area (Å²) < 4.78 is 30.5. The summed E-state index contributed by atoms with van der Waals surface area (Å²) in [5.41, 5.74) is 1.83. The number of carbonyl (C=O) groups excluding carboxylic acids is 1. The van der Waals surface area contributed by atoms with Gasteiger partial charge in [-0.25, -0.2) is 4.98 Å².